The number of hydrogen-bond acceptors (Lipinski definition) is 3. The number of aromatic nitrogens is 1. The van der Waals surface area contributed by atoms with Crippen LogP contribution in [-0.2, 0) is 4.79 Å². The second kappa shape index (κ2) is 9.48. The van der Waals surface area contributed by atoms with Gasteiger partial charge in [-0.25, -0.2) is 0 Å². The monoisotopic (exact) mass is 421 g/mol. The van der Waals surface area contributed by atoms with Gasteiger partial charge in [0, 0.05) is 34.4 Å². The predicted molar refractivity (Wildman–Crippen MR) is 124 cm³/mol. The number of pyridine rings is 1. The van der Waals surface area contributed by atoms with Crippen LogP contribution in [0.5, 0.6) is 0 Å². The van der Waals surface area contributed by atoms with Crippen molar-refractivity contribution in [3.63, 3.8) is 0 Å². The first-order chi connectivity index (χ1) is 14.6. The predicted octanol–water partition coefficient (Wildman–Crippen LogP) is 5.92. The number of anilines is 1. The lowest BCUT2D eigenvalue weighted by Crippen LogP contribution is -2.42. The number of benzene rings is 2. The van der Waals surface area contributed by atoms with Gasteiger partial charge in [-0.3, -0.25) is 9.78 Å². The quantitative estimate of drug-likeness (QED) is 0.519. The second-order valence-corrected chi connectivity index (χ2v) is 8.53. The van der Waals surface area contributed by atoms with E-state index in [-0.39, 0.29) is 17.9 Å². The van der Waals surface area contributed by atoms with E-state index in [2.05, 4.69) is 22.5 Å². The Balaban J connectivity index is 1.34. The van der Waals surface area contributed by atoms with Gasteiger partial charge in [-0.15, -0.1) is 0 Å². The van der Waals surface area contributed by atoms with Crippen LogP contribution in [0.25, 0.3) is 10.9 Å². The first-order valence-corrected chi connectivity index (χ1v) is 11.2. The van der Waals surface area contributed by atoms with Crippen LogP contribution >= 0.6 is 11.6 Å². The maximum absolute atomic E-state index is 12.8. The van der Waals surface area contributed by atoms with Crippen LogP contribution in [-0.4, -0.2) is 23.0 Å². The summed E-state index contributed by atoms with van der Waals surface area (Å²) in [5.74, 6) is 0.0779. The minimum atomic E-state index is -0.0722. The third kappa shape index (κ3) is 4.76. The zero-order valence-electron chi connectivity index (χ0n) is 17.3. The molecule has 1 aliphatic rings. The zero-order valence-corrected chi connectivity index (χ0v) is 18.0. The van der Waals surface area contributed by atoms with E-state index in [1.54, 1.807) is 0 Å². The molecule has 1 saturated carbocycles. The van der Waals surface area contributed by atoms with E-state index in [1.807, 2.05) is 60.8 Å². The number of fused-ring (bicyclic) bond motifs is 1. The third-order valence-corrected chi connectivity index (χ3v) is 6.30. The van der Waals surface area contributed by atoms with Crippen LogP contribution in [0.4, 0.5) is 5.69 Å². The molecule has 0 spiro atoms. The molecule has 0 aliphatic heterocycles. The molecule has 2 N–H and O–H groups in total. The van der Waals surface area contributed by atoms with Gasteiger partial charge in [0.15, 0.2) is 0 Å². The van der Waals surface area contributed by atoms with Crippen LogP contribution in [0.3, 0.4) is 0 Å². The Morgan fingerprint density at radius 2 is 1.80 bits per heavy atom. The molecule has 4 rings (SSSR count). The Hall–Kier alpha value is -2.59. The zero-order chi connectivity index (χ0) is 20.9. The average Bonchev–Trinajstić information content (AvgIpc) is 2.76. The summed E-state index contributed by atoms with van der Waals surface area (Å²) in [6.07, 6.45) is 6.68. The first kappa shape index (κ1) is 20.7. The molecule has 5 heteroatoms. The largest absolute Gasteiger partial charge is 0.382 e. The molecule has 1 fully saturated rings. The van der Waals surface area contributed by atoms with Crippen molar-refractivity contribution in [2.45, 2.75) is 57.0 Å². The smallest absolute Gasteiger partial charge is 0.227 e. The molecule has 1 heterocycles. The van der Waals surface area contributed by atoms with Crippen molar-refractivity contribution < 1.29 is 4.79 Å². The van der Waals surface area contributed by atoms with Crippen molar-refractivity contribution in [3.8, 4) is 0 Å². The molecule has 1 unspecified atom stereocenters. The molecule has 1 amide bonds. The maximum atomic E-state index is 12.8. The molecule has 156 valence electrons. The van der Waals surface area contributed by atoms with Gasteiger partial charge < -0.3 is 10.6 Å². The second-order valence-electron chi connectivity index (χ2n) is 8.09. The first-order valence-electron chi connectivity index (χ1n) is 10.8. The Morgan fingerprint density at radius 1 is 1.07 bits per heavy atom. The molecular weight excluding hydrogens is 394 g/mol. The minimum absolute atomic E-state index is 0.0722. The summed E-state index contributed by atoms with van der Waals surface area (Å²) >= 11 is 6.10. The van der Waals surface area contributed by atoms with Gasteiger partial charge in [-0.1, -0.05) is 48.9 Å². The maximum Gasteiger partial charge on any atom is 0.227 e. The summed E-state index contributed by atoms with van der Waals surface area (Å²) < 4.78 is 0. The number of halogens is 1. The van der Waals surface area contributed by atoms with Crippen molar-refractivity contribution in [1.82, 2.24) is 10.3 Å². The Bertz CT molecular complexity index is 1000. The van der Waals surface area contributed by atoms with E-state index in [4.69, 9.17) is 11.6 Å². The Kier molecular flexibility index (Phi) is 6.53. The summed E-state index contributed by atoms with van der Waals surface area (Å²) in [7, 11) is 0. The van der Waals surface area contributed by atoms with E-state index >= 15 is 0 Å². The highest BCUT2D eigenvalue weighted by molar-refractivity contribution is 6.31. The van der Waals surface area contributed by atoms with E-state index in [0.29, 0.717) is 11.1 Å². The molecule has 4 nitrogen and oxygen atoms in total. The number of nitrogens with one attached hydrogen (secondary N) is 2. The normalized spacial score (nSPS) is 19.9. The number of carbonyl (C=O) groups is 1. The van der Waals surface area contributed by atoms with Gasteiger partial charge in [0.2, 0.25) is 5.91 Å². The number of amides is 1. The fraction of sp³-hybridized carbons (Fsp3) is 0.360. The summed E-state index contributed by atoms with van der Waals surface area (Å²) in [5, 5.41) is 8.77. The molecule has 1 atom stereocenters. The van der Waals surface area contributed by atoms with Gasteiger partial charge in [0.05, 0.1) is 11.4 Å². The van der Waals surface area contributed by atoms with Gasteiger partial charge in [-0.05, 0) is 61.9 Å². The lowest BCUT2D eigenvalue weighted by atomic mass is 9.89. The van der Waals surface area contributed by atoms with Gasteiger partial charge in [-0.2, -0.15) is 0 Å². The molecule has 1 aromatic heterocycles. The van der Waals surface area contributed by atoms with Crippen LogP contribution in [0.2, 0.25) is 5.02 Å². The minimum Gasteiger partial charge on any atom is -0.382 e. The molecule has 0 bridgehead atoms. The fourth-order valence-electron chi connectivity index (χ4n) is 4.41. The molecule has 2 aromatic carbocycles. The Morgan fingerprint density at radius 3 is 2.53 bits per heavy atom. The molecule has 30 heavy (non-hydrogen) atoms. The van der Waals surface area contributed by atoms with Gasteiger partial charge in [0.25, 0.3) is 0 Å². The highest BCUT2D eigenvalue weighted by Gasteiger charge is 2.26. The number of carbonyl (C=O) groups excluding carboxylic acids is 1. The number of nitrogens with zero attached hydrogens (tertiary/aromatic N) is 1. The van der Waals surface area contributed by atoms with Crippen molar-refractivity contribution >= 4 is 34.1 Å². The molecule has 0 radical (unpaired) electrons. The topological polar surface area (TPSA) is 54.0 Å². The van der Waals surface area contributed by atoms with E-state index in [1.165, 1.54) is 0 Å². The average molecular weight is 422 g/mol. The molecule has 0 saturated heterocycles. The van der Waals surface area contributed by atoms with Crippen molar-refractivity contribution in [2.24, 2.45) is 0 Å². The third-order valence-electron chi connectivity index (χ3n) is 6.06. The fourth-order valence-corrected chi connectivity index (χ4v) is 4.58. The Labute approximate surface area is 183 Å². The summed E-state index contributed by atoms with van der Waals surface area (Å²) in [5.41, 5.74) is 3.09. The van der Waals surface area contributed by atoms with Crippen LogP contribution in [0, 0.1) is 0 Å². The van der Waals surface area contributed by atoms with Crippen LogP contribution < -0.4 is 10.6 Å². The summed E-state index contributed by atoms with van der Waals surface area (Å²) in [4.78, 5) is 17.3. The lowest BCUT2D eigenvalue weighted by molar-refractivity contribution is -0.123. The highest BCUT2D eigenvalue weighted by atomic mass is 35.5. The van der Waals surface area contributed by atoms with E-state index in [0.717, 1.165) is 54.3 Å². The van der Waals surface area contributed by atoms with Gasteiger partial charge >= 0.3 is 0 Å². The standard InChI is InChI=1S/C25H28ClN3O/c1-2-21(17-6-4-3-5-7-17)25(30)29-20-11-9-19(10-12-20)28-23-14-15-27-24-16-18(26)8-13-22(23)24/h3-8,13-16,19-21H,2,9-12H2,1H3,(H,27,28)(H,29,30). The molecule has 3 aromatic rings. The van der Waals surface area contributed by atoms with Crippen LogP contribution in [0.15, 0.2) is 60.8 Å². The van der Waals surface area contributed by atoms with E-state index < -0.39 is 0 Å². The molecule has 1 aliphatic carbocycles. The van der Waals surface area contributed by atoms with Crippen molar-refractivity contribution in [2.75, 3.05) is 5.32 Å². The van der Waals surface area contributed by atoms with Gasteiger partial charge in [0.1, 0.15) is 0 Å². The number of rotatable bonds is 6. The molecular formula is C25H28ClN3O. The summed E-state index contributed by atoms with van der Waals surface area (Å²) in [6.45, 7) is 2.07. The lowest BCUT2D eigenvalue weighted by Gasteiger charge is -2.31. The van der Waals surface area contributed by atoms with Crippen LogP contribution in [0.1, 0.15) is 50.5 Å². The summed E-state index contributed by atoms with van der Waals surface area (Å²) in [6, 6.07) is 18.6. The van der Waals surface area contributed by atoms with Crippen molar-refractivity contribution in [1.29, 1.82) is 0 Å². The van der Waals surface area contributed by atoms with Crippen molar-refractivity contribution in [3.05, 3.63) is 71.4 Å². The van der Waals surface area contributed by atoms with E-state index in [9.17, 15) is 4.79 Å². The highest BCUT2D eigenvalue weighted by Crippen LogP contribution is 2.29. The number of hydrogen-bond donors (Lipinski definition) is 2. The SMILES string of the molecule is CCC(C(=O)NC1CCC(Nc2ccnc3cc(Cl)ccc23)CC1)c1ccccc1.